The molecule has 2 aromatic rings. The van der Waals surface area contributed by atoms with Gasteiger partial charge in [0.15, 0.2) is 0 Å². The fraction of sp³-hybridized carbons (Fsp3) is 0.222. The summed E-state index contributed by atoms with van der Waals surface area (Å²) in [4.78, 5) is 0. The average molecular weight is 251 g/mol. The van der Waals surface area contributed by atoms with Crippen LogP contribution in [0.5, 0.6) is 0 Å². The predicted octanol–water partition coefficient (Wildman–Crippen LogP) is 4.17. The van der Waals surface area contributed by atoms with E-state index in [2.05, 4.69) is 74.3 Å². The Bertz CT molecular complexity index is 543. The summed E-state index contributed by atoms with van der Waals surface area (Å²) in [6.07, 6.45) is 1.90. The van der Waals surface area contributed by atoms with Crippen molar-refractivity contribution in [2.75, 3.05) is 6.54 Å². The van der Waals surface area contributed by atoms with Crippen molar-refractivity contribution in [1.29, 1.82) is 0 Å². The third-order valence-electron chi connectivity index (χ3n) is 3.34. The third-order valence-corrected chi connectivity index (χ3v) is 3.34. The van der Waals surface area contributed by atoms with E-state index in [1.54, 1.807) is 0 Å². The van der Waals surface area contributed by atoms with Gasteiger partial charge in [-0.1, -0.05) is 60.2 Å². The second-order valence-electron chi connectivity index (χ2n) is 4.90. The van der Waals surface area contributed by atoms with Gasteiger partial charge < -0.3 is 5.32 Å². The van der Waals surface area contributed by atoms with Crippen LogP contribution < -0.4 is 5.32 Å². The molecule has 98 valence electrons. The Morgan fingerprint density at radius 1 is 1.11 bits per heavy atom. The minimum absolute atomic E-state index is 0.222. The molecule has 0 fully saturated rings. The molecule has 0 heterocycles. The first kappa shape index (κ1) is 13.6. The van der Waals surface area contributed by atoms with Crippen LogP contribution in [0.3, 0.4) is 0 Å². The summed E-state index contributed by atoms with van der Waals surface area (Å²) in [5.74, 6) is 0. The minimum atomic E-state index is 0.222. The molecular weight excluding hydrogens is 230 g/mol. The van der Waals surface area contributed by atoms with Crippen LogP contribution in [0.4, 0.5) is 0 Å². The average Bonchev–Trinajstić information content (AvgIpc) is 2.42. The first-order valence-electron chi connectivity index (χ1n) is 6.68. The fourth-order valence-electron chi connectivity index (χ4n) is 2.40. The quantitative estimate of drug-likeness (QED) is 0.786. The monoisotopic (exact) mass is 251 g/mol. The number of nitrogens with one attached hydrogen (secondary N) is 1. The zero-order chi connectivity index (χ0) is 13.7. The highest BCUT2D eigenvalue weighted by atomic mass is 14.9. The van der Waals surface area contributed by atoms with Crippen LogP contribution in [-0.4, -0.2) is 6.54 Å². The smallest absolute Gasteiger partial charge is 0.0581 e. The molecule has 0 radical (unpaired) electrons. The van der Waals surface area contributed by atoms with Gasteiger partial charge in [-0.3, -0.25) is 0 Å². The van der Waals surface area contributed by atoms with Crippen LogP contribution in [-0.2, 0) is 0 Å². The molecule has 0 saturated heterocycles. The highest BCUT2D eigenvalue weighted by molar-refractivity contribution is 5.38. The lowest BCUT2D eigenvalue weighted by Crippen LogP contribution is -2.23. The highest BCUT2D eigenvalue weighted by Crippen LogP contribution is 2.25. The number of benzene rings is 2. The predicted molar refractivity (Wildman–Crippen MR) is 82.4 cm³/mol. The summed E-state index contributed by atoms with van der Waals surface area (Å²) >= 11 is 0. The summed E-state index contributed by atoms with van der Waals surface area (Å²) in [5.41, 5.74) is 5.25. The maximum Gasteiger partial charge on any atom is 0.0581 e. The van der Waals surface area contributed by atoms with Crippen molar-refractivity contribution in [1.82, 2.24) is 5.32 Å². The van der Waals surface area contributed by atoms with Crippen LogP contribution in [0.25, 0.3) is 0 Å². The van der Waals surface area contributed by atoms with Crippen molar-refractivity contribution in [3.63, 3.8) is 0 Å². The number of hydrogen-bond donors (Lipinski definition) is 1. The largest absolute Gasteiger partial charge is 0.303 e. The van der Waals surface area contributed by atoms with Crippen LogP contribution in [0.1, 0.15) is 28.3 Å². The lowest BCUT2D eigenvalue weighted by Gasteiger charge is -2.21. The van der Waals surface area contributed by atoms with Gasteiger partial charge in [0.05, 0.1) is 6.04 Å². The molecular formula is C18H21N. The third kappa shape index (κ3) is 3.33. The molecule has 1 heteroatoms. The lowest BCUT2D eigenvalue weighted by atomic mass is 9.94. The molecule has 2 aromatic carbocycles. The lowest BCUT2D eigenvalue weighted by molar-refractivity contribution is 0.649. The van der Waals surface area contributed by atoms with E-state index in [-0.39, 0.29) is 6.04 Å². The summed E-state index contributed by atoms with van der Waals surface area (Å²) in [7, 11) is 0. The van der Waals surface area contributed by atoms with Crippen molar-refractivity contribution in [2.45, 2.75) is 19.9 Å². The van der Waals surface area contributed by atoms with E-state index in [0.29, 0.717) is 0 Å². The van der Waals surface area contributed by atoms with Crippen LogP contribution in [0.2, 0.25) is 0 Å². The number of hydrogen-bond acceptors (Lipinski definition) is 1. The van der Waals surface area contributed by atoms with E-state index in [0.717, 1.165) is 6.54 Å². The van der Waals surface area contributed by atoms with Gasteiger partial charge in [0.2, 0.25) is 0 Å². The Morgan fingerprint density at radius 2 is 1.84 bits per heavy atom. The summed E-state index contributed by atoms with van der Waals surface area (Å²) in [5, 5.41) is 3.54. The molecule has 0 aliphatic heterocycles. The molecule has 0 aliphatic carbocycles. The van der Waals surface area contributed by atoms with E-state index >= 15 is 0 Å². The summed E-state index contributed by atoms with van der Waals surface area (Å²) in [6.45, 7) is 8.90. The molecule has 0 spiro atoms. The van der Waals surface area contributed by atoms with Crippen molar-refractivity contribution in [3.8, 4) is 0 Å². The number of rotatable bonds is 5. The first-order valence-corrected chi connectivity index (χ1v) is 6.68. The molecule has 1 nitrogen and oxygen atoms in total. The van der Waals surface area contributed by atoms with Crippen molar-refractivity contribution in [3.05, 3.63) is 83.4 Å². The Labute approximate surface area is 116 Å². The second kappa shape index (κ2) is 6.35. The van der Waals surface area contributed by atoms with E-state index in [9.17, 15) is 0 Å². The van der Waals surface area contributed by atoms with Crippen LogP contribution in [0, 0.1) is 13.8 Å². The molecule has 1 unspecified atom stereocenters. The van der Waals surface area contributed by atoms with Crippen molar-refractivity contribution < 1.29 is 0 Å². The summed E-state index contributed by atoms with van der Waals surface area (Å²) in [6, 6.07) is 17.4. The molecule has 0 bridgehead atoms. The highest BCUT2D eigenvalue weighted by Gasteiger charge is 2.14. The van der Waals surface area contributed by atoms with Gasteiger partial charge in [-0.15, -0.1) is 6.58 Å². The molecule has 0 amide bonds. The maximum absolute atomic E-state index is 3.79. The van der Waals surface area contributed by atoms with E-state index in [4.69, 9.17) is 0 Å². The molecule has 0 aromatic heterocycles. The Morgan fingerprint density at radius 3 is 2.47 bits per heavy atom. The minimum Gasteiger partial charge on any atom is -0.303 e. The van der Waals surface area contributed by atoms with Gasteiger partial charge in [-0.05, 0) is 30.5 Å². The van der Waals surface area contributed by atoms with Crippen molar-refractivity contribution >= 4 is 0 Å². The zero-order valence-electron chi connectivity index (χ0n) is 11.7. The van der Waals surface area contributed by atoms with Crippen molar-refractivity contribution in [2.24, 2.45) is 0 Å². The SMILES string of the molecule is C=CCNC(c1ccccc1)c1ccc(C)cc1C. The first-order chi connectivity index (χ1) is 9.22. The molecule has 0 saturated carbocycles. The van der Waals surface area contributed by atoms with Gasteiger partial charge >= 0.3 is 0 Å². The maximum atomic E-state index is 3.79. The molecule has 2 rings (SSSR count). The van der Waals surface area contributed by atoms with Crippen LogP contribution >= 0.6 is 0 Å². The van der Waals surface area contributed by atoms with Gasteiger partial charge in [0, 0.05) is 6.54 Å². The number of aryl methyl sites for hydroxylation is 2. The zero-order valence-corrected chi connectivity index (χ0v) is 11.7. The van der Waals surface area contributed by atoms with E-state index < -0.39 is 0 Å². The standard InChI is InChI=1S/C18H21N/c1-4-12-19-18(16-8-6-5-7-9-16)17-11-10-14(2)13-15(17)3/h4-11,13,18-19H,1,12H2,2-3H3. The topological polar surface area (TPSA) is 12.0 Å². The van der Waals surface area contributed by atoms with Crippen LogP contribution in [0.15, 0.2) is 61.2 Å². The molecule has 1 atom stereocenters. The van der Waals surface area contributed by atoms with E-state index in [1.165, 1.54) is 22.3 Å². The fourth-order valence-corrected chi connectivity index (χ4v) is 2.40. The van der Waals surface area contributed by atoms with Gasteiger partial charge in [-0.25, -0.2) is 0 Å². The molecule has 0 aliphatic rings. The van der Waals surface area contributed by atoms with Gasteiger partial charge in [-0.2, -0.15) is 0 Å². The summed E-state index contributed by atoms with van der Waals surface area (Å²) < 4.78 is 0. The Balaban J connectivity index is 2.39. The van der Waals surface area contributed by atoms with Gasteiger partial charge in [0.25, 0.3) is 0 Å². The Kier molecular flexibility index (Phi) is 4.53. The van der Waals surface area contributed by atoms with Gasteiger partial charge in [0.1, 0.15) is 0 Å². The molecule has 1 N–H and O–H groups in total. The Hall–Kier alpha value is -1.86. The second-order valence-corrected chi connectivity index (χ2v) is 4.90. The normalized spacial score (nSPS) is 12.1. The molecule has 19 heavy (non-hydrogen) atoms. The van der Waals surface area contributed by atoms with E-state index in [1.807, 2.05) is 6.08 Å².